The highest BCUT2D eigenvalue weighted by molar-refractivity contribution is 5.86. The van der Waals surface area contributed by atoms with E-state index in [0.29, 0.717) is 31.7 Å². The van der Waals surface area contributed by atoms with Gasteiger partial charge in [0.05, 0.1) is 6.61 Å². The lowest BCUT2D eigenvalue weighted by atomic mass is 9.96. The molecule has 5 nitrogen and oxygen atoms in total. The Hall–Kier alpha value is -0.650. The number of piperazine rings is 1. The molecule has 0 saturated carbocycles. The Bertz CT molecular complexity index is 290. The predicted molar refractivity (Wildman–Crippen MR) is 65.6 cm³/mol. The number of likely N-dealkylation sites (N-methyl/N-ethyl adjacent to an activating group) is 1. The van der Waals surface area contributed by atoms with Crippen molar-refractivity contribution in [1.29, 1.82) is 0 Å². The van der Waals surface area contributed by atoms with Gasteiger partial charge in [0.1, 0.15) is 5.54 Å². The number of ether oxygens (including phenoxy) is 1. The van der Waals surface area contributed by atoms with E-state index in [1.165, 1.54) is 0 Å². The number of nitrogens with zero attached hydrogens (tertiary/aromatic N) is 2. The highest BCUT2D eigenvalue weighted by atomic mass is 16.5. The third-order valence-corrected chi connectivity index (χ3v) is 4.13. The quantitative estimate of drug-likeness (QED) is 0.682. The van der Waals surface area contributed by atoms with Crippen molar-refractivity contribution in [3.63, 3.8) is 0 Å². The third-order valence-electron chi connectivity index (χ3n) is 4.13. The molecule has 1 amide bonds. The summed E-state index contributed by atoms with van der Waals surface area (Å²) >= 11 is 0. The number of nitrogens with two attached hydrogens (primary N) is 1. The van der Waals surface area contributed by atoms with Crippen molar-refractivity contribution in [1.82, 2.24) is 9.80 Å². The van der Waals surface area contributed by atoms with E-state index in [1.807, 2.05) is 4.90 Å². The molecule has 3 atom stereocenters. The molecule has 2 fully saturated rings. The monoisotopic (exact) mass is 241 g/mol. The maximum Gasteiger partial charge on any atom is 0.245 e. The van der Waals surface area contributed by atoms with Gasteiger partial charge in [-0.05, 0) is 27.3 Å². The van der Waals surface area contributed by atoms with E-state index in [4.69, 9.17) is 10.5 Å². The van der Waals surface area contributed by atoms with Gasteiger partial charge in [0.25, 0.3) is 0 Å². The van der Waals surface area contributed by atoms with Crippen molar-refractivity contribution >= 4 is 5.91 Å². The van der Waals surface area contributed by atoms with Crippen LogP contribution < -0.4 is 5.73 Å². The SMILES string of the molecule is CC1CN(C(=O)C2(N)CCOC2)CC(C)N1C. The first kappa shape index (κ1) is 12.8. The van der Waals surface area contributed by atoms with Crippen LogP contribution in [0.3, 0.4) is 0 Å². The van der Waals surface area contributed by atoms with Gasteiger partial charge in [0.15, 0.2) is 0 Å². The van der Waals surface area contributed by atoms with Crippen molar-refractivity contribution in [2.24, 2.45) is 5.73 Å². The summed E-state index contributed by atoms with van der Waals surface area (Å²) in [6.45, 7) is 6.77. The molecule has 0 aromatic carbocycles. The number of rotatable bonds is 1. The van der Waals surface area contributed by atoms with Gasteiger partial charge in [-0.1, -0.05) is 0 Å². The van der Waals surface area contributed by atoms with Gasteiger partial charge < -0.3 is 15.4 Å². The summed E-state index contributed by atoms with van der Waals surface area (Å²) in [5, 5.41) is 0. The number of hydrogen-bond donors (Lipinski definition) is 1. The van der Waals surface area contributed by atoms with Gasteiger partial charge in [-0.25, -0.2) is 0 Å². The first-order chi connectivity index (χ1) is 7.94. The standard InChI is InChI=1S/C12H23N3O2/c1-9-6-15(7-10(2)14(9)3)11(16)12(13)4-5-17-8-12/h9-10H,4-8,13H2,1-3H3. The fourth-order valence-electron chi connectivity index (χ4n) is 2.63. The van der Waals surface area contributed by atoms with Crippen LogP contribution in [0.15, 0.2) is 0 Å². The second-order valence-electron chi connectivity index (χ2n) is 5.53. The van der Waals surface area contributed by atoms with Crippen LogP contribution in [0.25, 0.3) is 0 Å². The van der Waals surface area contributed by atoms with Crippen LogP contribution in [0, 0.1) is 0 Å². The lowest BCUT2D eigenvalue weighted by Gasteiger charge is -2.44. The van der Waals surface area contributed by atoms with Gasteiger partial charge in [0.2, 0.25) is 5.91 Å². The Morgan fingerprint density at radius 3 is 2.41 bits per heavy atom. The Morgan fingerprint density at radius 2 is 1.94 bits per heavy atom. The van der Waals surface area contributed by atoms with Gasteiger partial charge >= 0.3 is 0 Å². The van der Waals surface area contributed by atoms with E-state index in [9.17, 15) is 4.79 Å². The topological polar surface area (TPSA) is 58.8 Å². The minimum absolute atomic E-state index is 0.0572. The molecule has 0 spiro atoms. The van der Waals surface area contributed by atoms with Crippen LogP contribution in [-0.2, 0) is 9.53 Å². The van der Waals surface area contributed by atoms with Crippen LogP contribution in [0.1, 0.15) is 20.3 Å². The Kier molecular flexibility index (Phi) is 3.43. The van der Waals surface area contributed by atoms with E-state index in [0.717, 1.165) is 13.1 Å². The molecular weight excluding hydrogens is 218 g/mol. The molecule has 98 valence electrons. The van der Waals surface area contributed by atoms with E-state index >= 15 is 0 Å². The number of carbonyl (C=O) groups excluding carboxylic acids is 1. The maximum atomic E-state index is 12.4. The van der Waals surface area contributed by atoms with Crippen molar-refractivity contribution in [3.05, 3.63) is 0 Å². The molecule has 3 unspecified atom stereocenters. The van der Waals surface area contributed by atoms with E-state index in [-0.39, 0.29) is 5.91 Å². The summed E-state index contributed by atoms with van der Waals surface area (Å²) in [5.41, 5.74) is 5.35. The zero-order valence-corrected chi connectivity index (χ0v) is 11.0. The molecule has 2 aliphatic heterocycles. The summed E-state index contributed by atoms with van der Waals surface area (Å²) < 4.78 is 5.26. The Morgan fingerprint density at radius 1 is 1.35 bits per heavy atom. The summed E-state index contributed by atoms with van der Waals surface area (Å²) in [4.78, 5) is 16.6. The molecule has 2 saturated heterocycles. The third kappa shape index (κ3) is 2.32. The first-order valence-corrected chi connectivity index (χ1v) is 6.32. The lowest BCUT2D eigenvalue weighted by molar-refractivity contribution is -0.141. The zero-order chi connectivity index (χ0) is 12.6. The highest BCUT2D eigenvalue weighted by Crippen LogP contribution is 2.22. The second-order valence-corrected chi connectivity index (χ2v) is 5.53. The van der Waals surface area contributed by atoms with Crippen LogP contribution in [0.2, 0.25) is 0 Å². The van der Waals surface area contributed by atoms with Crippen LogP contribution in [0.5, 0.6) is 0 Å². The smallest absolute Gasteiger partial charge is 0.245 e. The molecule has 2 heterocycles. The normalized spacial score (nSPS) is 39.6. The summed E-state index contributed by atoms with van der Waals surface area (Å²) in [7, 11) is 2.11. The molecule has 5 heteroatoms. The average Bonchev–Trinajstić information content (AvgIpc) is 2.72. The molecule has 0 aromatic heterocycles. The maximum absolute atomic E-state index is 12.4. The van der Waals surface area contributed by atoms with Crippen molar-refractivity contribution < 1.29 is 9.53 Å². The molecule has 0 radical (unpaired) electrons. The van der Waals surface area contributed by atoms with Crippen molar-refractivity contribution in [3.8, 4) is 0 Å². The van der Waals surface area contributed by atoms with Crippen LogP contribution >= 0.6 is 0 Å². The molecule has 2 aliphatic rings. The van der Waals surface area contributed by atoms with Crippen molar-refractivity contribution in [2.75, 3.05) is 33.4 Å². The largest absolute Gasteiger partial charge is 0.379 e. The first-order valence-electron chi connectivity index (χ1n) is 6.32. The van der Waals surface area contributed by atoms with Crippen molar-refractivity contribution in [2.45, 2.75) is 37.9 Å². The van der Waals surface area contributed by atoms with Crippen LogP contribution in [0.4, 0.5) is 0 Å². The lowest BCUT2D eigenvalue weighted by Crippen LogP contribution is -2.63. The molecule has 0 aliphatic carbocycles. The van der Waals surface area contributed by atoms with E-state index in [1.54, 1.807) is 0 Å². The van der Waals surface area contributed by atoms with Gasteiger partial charge in [0, 0.05) is 31.8 Å². The van der Waals surface area contributed by atoms with Gasteiger partial charge in [-0.3, -0.25) is 9.69 Å². The minimum Gasteiger partial charge on any atom is -0.379 e. The fourth-order valence-corrected chi connectivity index (χ4v) is 2.63. The second kappa shape index (κ2) is 4.55. The molecule has 2 N–H and O–H groups in total. The average molecular weight is 241 g/mol. The molecular formula is C12H23N3O2. The van der Waals surface area contributed by atoms with Crippen LogP contribution in [-0.4, -0.2) is 66.7 Å². The Balaban J connectivity index is 2.05. The highest BCUT2D eigenvalue weighted by Gasteiger charge is 2.43. The molecule has 17 heavy (non-hydrogen) atoms. The summed E-state index contributed by atoms with van der Waals surface area (Å²) in [5.74, 6) is 0.0572. The molecule has 2 rings (SSSR count). The predicted octanol–water partition coefficient (Wildman–Crippen LogP) is -0.345. The molecule has 0 bridgehead atoms. The number of hydrogen-bond acceptors (Lipinski definition) is 4. The van der Waals surface area contributed by atoms with Gasteiger partial charge in [-0.2, -0.15) is 0 Å². The van der Waals surface area contributed by atoms with Gasteiger partial charge in [-0.15, -0.1) is 0 Å². The fraction of sp³-hybridized carbons (Fsp3) is 0.917. The summed E-state index contributed by atoms with van der Waals surface area (Å²) in [6, 6.07) is 0.766. The summed E-state index contributed by atoms with van der Waals surface area (Å²) in [6.07, 6.45) is 0.640. The zero-order valence-electron chi connectivity index (χ0n) is 11.0. The number of amides is 1. The molecule has 0 aromatic rings. The Labute approximate surface area is 103 Å². The minimum atomic E-state index is -0.782. The van der Waals surface area contributed by atoms with E-state index in [2.05, 4.69) is 25.8 Å². The van der Waals surface area contributed by atoms with E-state index < -0.39 is 5.54 Å². The number of carbonyl (C=O) groups is 1.